The molecule has 4 nitrogen and oxygen atoms in total. The Kier molecular flexibility index (Phi) is 4.50. The van der Waals surface area contributed by atoms with Gasteiger partial charge in [0.2, 0.25) is 0 Å². The van der Waals surface area contributed by atoms with E-state index in [4.69, 9.17) is 10.5 Å². The van der Waals surface area contributed by atoms with Crippen molar-refractivity contribution in [3.63, 3.8) is 0 Å². The first-order chi connectivity index (χ1) is 9.40. The lowest BCUT2D eigenvalue weighted by atomic mass is 10.1. The van der Waals surface area contributed by atoms with E-state index >= 15 is 0 Å². The number of rotatable bonds is 4. The summed E-state index contributed by atoms with van der Waals surface area (Å²) in [5.74, 6) is 0.830. The minimum atomic E-state index is -0.0541. The summed E-state index contributed by atoms with van der Waals surface area (Å²) in [4.78, 5) is 0. The number of benzene rings is 1. The Balaban J connectivity index is 2.23. The third-order valence-corrected chi connectivity index (χ3v) is 4.31. The van der Waals surface area contributed by atoms with E-state index in [9.17, 15) is 0 Å². The lowest BCUT2D eigenvalue weighted by Crippen LogP contribution is -2.10. The normalized spacial score (nSPS) is 12.5. The molecule has 0 bridgehead atoms. The van der Waals surface area contributed by atoms with Crippen LogP contribution >= 0.6 is 15.9 Å². The number of ether oxygens (including phenoxy) is 1. The minimum Gasteiger partial charge on any atom is -0.487 e. The van der Waals surface area contributed by atoms with Gasteiger partial charge in [0, 0.05) is 18.7 Å². The number of nitrogens with zero attached hydrogens (tertiary/aromatic N) is 2. The summed E-state index contributed by atoms with van der Waals surface area (Å²) in [6, 6.07) is 6.03. The first-order valence-corrected chi connectivity index (χ1v) is 7.36. The van der Waals surface area contributed by atoms with Crippen LogP contribution < -0.4 is 10.5 Å². The van der Waals surface area contributed by atoms with Crippen LogP contribution in [0.4, 0.5) is 0 Å². The van der Waals surface area contributed by atoms with E-state index in [1.165, 1.54) is 5.56 Å². The van der Waals surface area contributed by atoms with Crippen LogP contribution in [0.2, 0.25) is 0 Å². The predicted octanol–water partition coefficient (Wildman–Crippen LogP) is 3.40. The van der Waals surface area contributed by atoms with Crippen LogP contribution in [0, 0.1) is 13.8 Å². The van der Waals surface area contributed by atoms with E-state index < -0.39 is 0 Å². The smallest absolute Gasteiger partial charge is 0.131 e. The molecular formula is C15H20BrN3O. The molecule has 0 amide bonds. The van der Waals surface area contributed by atoms with Crippen molar-refractivity contribution in [1.82, 2.24) is 9.78 Å². The van der Waals surface area contributed by atoms with Gasteiger partial charge in [0.25, 0.3) is 0 Å². The van der Waals surface area contributed by atoms with Crippen molar-refractivity contribution >= 4 is 15.9 Å². The number of hydrogen-bond donors (Lipinski definition) is 1. The van der Waals surface area contributed by atoms with E-state index in [1.807, 2.05) is 37.7 Å². The first kappa shape index (κ1) is 15.1. The monoisotopic (exact) mass is 337 g/mol. The van der Waals surface area contributed by atoms with Crippen LogP contribution in [0.25, 0.3) is 0 Å². The first-order valence-electron chi connectivity index (χ1n) is 6.57. The van der Waals surface area contributed by atoms with Gasteiger partial charge < -0.3 is 10.5 Å². The summed E-state index contributed by atoms with van der Waals surface area (Å²) in [6.45, 7) is 6.44. The van der Waals surface area contributed by atoms with Gasteiger partial charge in [0.15, 0.2) is 0 Å². The second-order valence-electron chi connectivity index (χ2n) is 5.09. The molecule has 108 valence electrons. The van der Waals surface area contributed by atoms with Crippen LogP contribution in [0.5, 0.6) is 5.75 Å². The van der Waals surface area contributed by atoms with Crippen LogP contribution in [0.15, 0.2) is 22.7 Å². The summed E-state index contributed by atoms with van der Waals surface area (Å²) >= 11 is 3.55. The van der Waals surface area contributed by atoms with E-state index in [-0.39, 0.29) is 6.04 Å². The number of aryl methyl sites for hydroxylation is 3. The fraction of sp³-hybridized carbons (Fsp3) is 0.400. The van der Waals surface area contributed by atoms with Gasteiger partial charge in [-0.25, -0.2) is 0 Å². The average molecular weight is 338 g/mol. The van der Waals surface area contributed by atoms with Crippen molar-refractivity contribution in [2.45, 2.75) is 33.4 Å². The Morgan fingerprint density at radius 3 is 2.65 bits per heavy atom. The molecule has 0 aliphatic rings. The fourth-order valence-corrected chi connectivity index (χ4v) is 2.59. The average Bonchev–Trinajstić information content (AvgIpc) is 2.62. The molecule has 2 aromatic rings. The SMILES string of the molecule is Cc1ccc(OCc2c(Br)c(C)nn2C)c(C(C)N)c1. The summed E-state index contributed by atoms with van der Waals surface area (Å²) in [6.07, 6.45) is 0. The molecule has 20 heavy (non-hydrogen) atoms. The zero-order valence-electron chi connectivity index (χ0n) is 12.3. The summed E-state index contributed by atoms with van der Waals surface area (Å²) in [5.41, 5.74) is 10.2. The van der Waals surface area contributed by atoms with Crippen molar-refractivity contribution in [2.24, 2.45) is 12.8 Å². The van der Waals surface area contributed by atoms with Crippen LogP contribution in [-0.2, 0) is 13.7 Å². The number of nitrogens with two attached hydrogens (primary N) is 1. The molecule has 0 aliphatic heterocycles. The Morgan fingerprint density at radius 1 is 1.40 bits per heavy atom. The quantitative estimate of drug-likeness (QED) is 0.930. The zero-order chi connectivity index (χ0) is 14.9. The number of hydrogen-bond acceptors (Lipinski definition) is 3. The van der Waals surface area contributed by atoms with Crippen LogP contribution in [0.3, 0.4) is 0 Å². The third kappa shape index (κ3) is 3.04. The Bertz CT molecular complexity index is 620. The Hall–Kier alpha value is -1.33. The highest BCUT2D eigenvalue weighted by Crippen LogP contribution is 2.27. The van der Waals surface area contributed by atoms with Crippen molar-refractivity contribution < 1.29 is 4.74 Å². The molecule has 1 aromatic carbocycles. The van der Waals surface area contributed by atoms with Crippen molar-refractivity contribution in [3.05, 3.63) is 45.2 Å². The molecule has 0 radical (unpaired) electrons. The zero-order valence-corrected chi connectivity index (χ0v) is 13.9. The van der Waals surface area contributed by atoms with E-state index in [1.54, 1.807) is 0 Å². The molecule has 2 N–H and O–H groups in total. The highest BCUT2D eigenvalue weighted by Gasteiger charge is 2.13. The van der Waals surface area contributed by atoms with E-state index in [0.29, 0.717) is 6.61 Å². The maximum Gasteiger partial charge on any atom is 0.131 e. The van der Waals surface area contributed by atoms with Gasteiger partial charge in [0.05, 0.1) is 15.9 Å². The molecule has 1 atom stereocenters. The molecule has 2 rings (SSSR count). The standard InChI is InChI=1S/C15H20BrN3O/c1-9-5-6-14(12(7-9)10(2)17)20-8-13-15(16)11(3)18-19(13)4/h5-7,10H,8,17H2,1-4H3. The molecule has 1 unspecified atom stereocenters. The summed E-state index contributed by atoms with van der Waals surface area (Å²) in [7, 11) is 1.91. The highest BCUT2D eigenvalue weighted by atomic mass is 79.9. The maximum atomic E-state index is 6.01. The lowest BCUT2D eigenvalue weighted by Gasteiger charge is -2.15. The van der Waals surface area contributed by atoms with E-state index in [2.05, 4.69) is 34.0 Å². The molecule has 0 saturated carbocycles. The van der Waals surface area contributed by atoms with Crippen molar-refractivity contribution in [1.29, 1.82) is 0 Å². The fourth-order valence-electron chi connectivity index (χ4n) is 2.14. The largest absolute Gasteiger partial charge is 0.487 e. The van der Waals surface area contributed by atoms with E-state index in [0.717, 1.165) is 27.2 Å². The van der Waals surface area contributed by atoms with Gasteiger partial charge in [-0.1, -0.05) is 17.7 Å². The van der Waals surface area contributed by atoms with Crippen LogP contribution in [0.1, 0.15) is 35.5 Å². The van der Waals surface area contributed by atoms with Gasteiger partial charge in [-0.2, -0.15) is 5.10 Å². The second-order valence-corrected chi connectivity index (χ2v) is 5.88. The third-order valence-electron chi connectivity index (χ3n) is 3.28. The lowest BCUT2D eigenvalue weighted by molar-refractivity contribution is 0.289. The van der Waals surface area contributed by atoms with Gasteiger partial charge in [-0.05, 0) is 42.8 Å². The molecule has 1 aromatic heterocycles. The number of halogens is 1. The molecular weight excluding hydrogens is 318 g/mol. The van der Waals surface area contributed by atoms with Gasteiger partial charge in [0.1, 0.15) is 12.4 Å². The van der Waals surface area contributed by atoms with Crippen LogP contribution in [-0.4, -0.2) is 9.78 Å². The molecule has 5 heteroatoms. The number of aromatic nitrogens is 2. The molecule has 0 spiro atoms. The second kappa shape index (κ2) is 5.97. The minimum absolute atomic E-state index is 0.0541. The molecule has 1 heterocycles. The van der Waals surface area contributed by atoms with Crippen molar-refractivity contribution in [3.8, 4) is 5.75 Å². The Labute approximate surface area is 128 Å². The summed E-state index contributed by atoms with van der Waals surface area (Å²) < 4.78 is 8.77. The Morgan fingerprint density at radius 2 is 2.10 bits per heavy atom. The maximum absolute atomic E-state index is 6.01. The summed E-state index contributed by atoms with van der Waals surface area (Å²) in [5, 5.41) is 4.36. The molecule has 0 aliphatic carbocycles. The highest BCUT2D eigenvalue weighted by molar-refractivity contribution is 9.10. The van der Waals surface area contributed by atoms with Gasteiger partial charge in [-0.3, -0.25) is 4.68 Å². The molecule has 0 fully saturated rings. The van der Waals surface area contributed by atoms with Gasteiger partial charge in [-0.15, -0.1) is 0 Å². The molecule has 0 saturated heterocycles. The van der Waals surface area contributed by atoms with Gasteiger partial charge >= 0.3 is 0 Å². The van der Waals surface area contributed by atoms with Crippen molar-refractivity contribution in [2.75, 3.05) is 0 Å². The topological polar surface area (TPSA) is 53.1 Å². The predicted molar refractivity (Wildman–Crippen MR) is 83.8 cm³/mol.